The maximum atomic E-state index is 6.47. The molecule has 0 radical (unpaired) electrons. The van der Waals surface area contributed by atoms with Gasteiger partial charge in [-0.3, -0.25) is 4.68 Å². The Morgan fingerprint density at radius 2 is 2.11 bits per heavy atom. The Bertz CT molecular complexity index is 1400. The first-order valence-electron chi connectivity index (χ1n) is 13.9. The Labute approximate surface area is 230 Å². The van der Waals surface area contributed by atoms with E-state index < -0.39 is 0 Å². The van der Waals surface area contributed by atoms with Gasteiger partial charge in [0.15, 0.2) is 5.65 Å². The number of fused-ring (bicyclic) bond motifs is 1. The highest BCUT2D eigenvalue weighted by molar-refractivity contribution is 6.30. The van der Waals surface area contributed by atoms with Crippen LogP contribution in [0.1, 0.15) is 57.6 Å². The molecular weight excluding hydrogens is 494 g/mol. The molecule has 1 fully saturated rings. The SMILES string of the molecule is CC/C=C(/Cn1cc(NCCc2cnn3cccnc23)c(-c2cc(Cl)ccc2CC)n1)N1CCCC1CC. The predicted octanol–water partition coefficient (Wildman–Crippen LogP) is 6.63. The van der Waals surface area contributed by atoms with Gasteiger partial charge in [-0.25, -0.2) is 9.50 Å². The molecule has 0 aliphatic carbocycles. The number of aryl methyl sites for hydroxylation is 1. The van der Waals surface area contributed by atoms with E-state index in [0.717, 1.165) is 72.1 Å². The second-order valence-electron chi connectivity index (χ2n) is 9.98. The summed E-state index contributed by atoms with van der Waals surface area (Å²) in [5.41, 5.74) is 7.70. The van der Waals surface area contributed by atoms with Crippen molar-refractivity contribution in [2.24, 2.45) is 0 Å². The fourth-order valence-electron chi connectivity index (χ4n) is 5.61. The van der Waals surface area contributed by atoms with Crippen LogP contribution in [0.4, 0.5) is 5.69 Å². The number of nitrogens with one attached hydrogen (secondary N) is 1. The normalized spacial score (nSPS) is 16.1. The summed E-state index contributed by atoms with van der Waals surface area (Å²) < 4.78 is 3.92. The highest BCUT2D eigenvalue weighted by atomic mass is 35.5. The lowest BCUT2D eigenvalue weighted by atomic mass is 10.0. The molecule has 1 aromatic carbocycles. The third-order valence-electron chi connectivity index (χ3n) is 7.51. The number of hydrogen-bond donors (Lipinski definition) is 1. The van der Waals surface area contributed by atoms with E-state index in [-0.39, 0.29) is 0 Å². The second kappa shape index (κ2) is 12.0. The van der Waals surface area contributed by atoms with Crippen LogP contribution in [0.25, 0.3) is 16.9 Å². The molecule has 1 aliphatic rings. The molecule has 7 nitrogen and oxygen atoms in total. The van der Waals surface area contributed by atoms with Crippen LogP contribution in [-0.2, 0) is 19.4 Å². The number of anilines is 1. The third kappa shape index (κ3) is 5.58. The van der Waals surface area contributed by atoms with E-state index in [0.29, 0.717) is 6.04 Å². The maximum absolute atomic E-state index is 6.47. The molecule has 1 N–H and O–H groups in total. The van der Waals surface area contributed by atoms with E-state index in [2.05, 4.69) is 64.1 Å². The summed E-state index contributed by atoms with van der Waals surface area (Å²) >= 11 is 6.47. The van der Waals surface area contributed by atoms with Gasteiger partial charge in [-0.2, -0.15) is 10.2 Å². The van der Waals surface area contributed by atoms with Crippen LogP contribution in [0.15, 0.2) is 60.8 Å². The molecular formula is C30H38ClN7. The summed E-state index contributed by atoms with van der Waals surface area (Å²) in [7, 11) is 0. The summed E-state index contributed by atoms with van der Waals surface area (Å²) in [4.78, 5) is 7.10. The lowest BCUT2D eigenvalue weighted by Crippen LogP contribution is -2.30. The standard InChI is InChI=1S/C30H38ClN7/c1-4-9-26(37-16-7-10-25(37)6-3)20-36-21-28(29(35-36)27-18-24(31)12-11-22(27)5-2)32-15-13-23-19-34-38-17-8-14-33-30(23)38/h8-9,11-12,14,17-19,21,25,32H,4-7,10,13,15-16,20H2,1-3H3/b26-9-. The van der Waals surface area contributed by atoms with E-state index in [9.17, 15) is 0 Å². The third-order valence-corrected chi connectivity index (χ3v) is 7.75. The van der Waals surface area contributed by atoms with Crippen LogP contribution in [-0.4, -0.2) is 48.4 Å². The van der Waals surface area contributed by atoms with Crippen LogP contribution in [0.5, 0.6) is 0 Å². The molecule has 1 atom stereocenters. The second-order valence-corrected chi connectivity index (χ2v) is 10.4. The Morgan fingerprint density at radius 1 is 1.21 bits per heavy atom. The van der Waals surface area contributed by atoms with E-state index in [4.69, 9.17) is 16.7 Å². The van der Waals surface area contributed by atoms with E-state index in [1.165, 1.54) is 30.5 Å². The first kappa shape index (κ1) is 26.3. The van der Waals surface area contributed by atoms with Gasteiger partial charge in [-0.1, -0.05) is 44.5 Å². The number of rotatable bonds is 11. The Kier molecular flexibility index (Phi) is 8.32. The number of benzene rings is 1. The molecule has 0 amide bonds. The number of likely N-dealkylation sites (tertiary alicyclic amines) is 1. The van der Waals surface area contributed by atoms with Crippen LogP contribution in [0, 0.1) is 0 Å². The molecule has 0 saturated carbocycles. The number of halogens is 1. The van der Waals surface area contributed by atoms with Crippen molar-refractivity contribution in [3.8, 4) is 11.3 Å². The van der Waals surface area contributed by atoms with Crippen molar-refractivity contribution in [3.05, 3.63) is 77.0 Å². The van der Waals surface area contributed by atoms with Crippen molar-refractivity contribution in [2.75, 3.05) is 18.4 Å². The summed E-state index contributed by atoms with van der Waals surface area (Å²) in [5.74, 6) is 0. The monoisotopic (exact) mass is 531 g/mol. The highest BCUT2D eigenvalue weighted by Gasteiger charge is 2.25. The minimum atomic E-state index is 0.625. The van der Waals surface area contributed by atoms with Gasteiger partial charge in [-0.15, -0.1) is 0 Å². The first-order valence-corrected chi connectivity index (χ1v) is 14.3. The molecule has 1 saturated heterocycles. The lowest BCUT2D eigenvalue weighted by Gasteiger charge is -2.29. The summed E-state index contributed by atoms with van der Waals surface area (Å²) in [6, 6.07) is 8.64. The van der Waals surface area contributed by atoms with Crippen molar-refractivity contribution in [1.82, 2.24) is 29.3 Å². The van der Waals surface area contributed by atoms with Crippen molar-refractivity contribution in [1.29, 1.82) is 0 Å². The minimum absolute atomic E-state index is 0.625. The molecule has 3 aromatic heterocycles. The van der Waals surface area contributed by atoms with Crippen molar-refractivity contribution < 1.29 is 0 Å². The van der Waals surface area contributed by atoms with Crippen LogP contribution in [0.3, 0.4) is 0 Å². The van der Waals surface area contributed by atoms with Crippen molar-refractivity contribution in [3.63, 3.8) is 0 Å². The van der Waals surface area contributed by atoms with Gasteiger partial charge in [0.2, 0.25) is 0 Å². The number of hydrogen-bond acceptors (Lipinski definition) is 5. The predicted molar refractivity (Wildman–Crippen MR) is 156 cm³/mol. The molecule has 8 heteroatoms. The zero-order chi connectivity index (χ0) is 26.5. The molecule has 4 aromatic rings. The molecule has 0 bridgehead atoms. The van der Waals surface area contributed by atoms with Crippen molar-refractivity contribution in [2.45, 2.75) is 71.9 Å². The lowest BCUT2D eigenvalue weighted by molar-refractivity contribution is 0.293. The number of aromatic nitrogens is 5. The zero-order valence-electron chi connectivity index (χ0n) is 22.7. The topological polar surface area (TPSA) is 63.3 Å². The Hall–Kier alpha value is -3.32. The summed E-state index contributed by atoms with van der Waals surface area (Å²) in [5, 5.41) is 14.0. The first-order chi connectivity index (χ1) is 18.6. The quantitative estimate of drug-likeness (QED) is 0.235. The largest absolute Gasteiger partial charge is 0.382 e. The Morgan fingerprint density at radius 3 is 2.92 bits per heavy atom. The van der Waals surface area contributed by atoms with Crippen molar-refractivity contribution >= 4 is 22.9 Å². The highest BCUT2D eigenvalue weighted by Crippen LogP contribution is 2.33. The number of allylic oxidation sites excluding steroid dienone is 2. The molecule has 1 unspecified atom stereocenters. The average Bonchev–Trinajstić information content (AvgIpc) is 3.67. The average molecular weight is 532 g/mol. The number of nitrogens with zero attached hydrogens (tertiary/aromatic N) is 6. The van der Waals surface area contributed by atoms with Gasteiger partial charge in [0, 0.05) is 59.6 Å². The van der Waals surface area contributed by atoms with E-state index in [1.54, 1.807) is 0 Å². The van der Waals surface area contributed by atoms with Gasteiger partial charge >= 0.3 is 0 Å². The minimum Gasteiger partial charge on any atom is -0.382 e. The van der Waals surface area contributed by atoms with E-state index in [1.807, 2.05) is 41.3 Å². The Balaban J connectivity index is 1.43. The molecule has 200 valence electrons. The fraction of sp³-hybridized carbons (Fsp3) is 0.433. The van der Waals surface area contributed by atoms with Gasteiger partial charge in [0.25, 0.3) is 0 Å². The summed E-state index contributed by atoms with van der Waals surface area (Å²) in [6.45, 7) is 9.33. The van der Waals surface area contributed by atoms with Crippen LogP contribution in [0.2, 0.25) is 5.02 Å². The molecule has 4 heterocycles. The zero-order valence-corrected chi connectivity index (χ0v) is 23.5. The maximum Gasteiger partial charge on any atom is 0.158 e. The van der Waals surface area contributed by atoms with Gasteiger partial charge < -0.3 is 10.2 Å². The van der Waals surface area contributed by atoms with Gasteiger partial charge in [-0.05, 0) is 62.3 Å². The molecule has 1 aliphatic heterocycles. The van der Waals surface area contributed by atoms with Crippen LogP contribution >= 0.6 is 11.6 Å². The smallest absolute Gasteiger partial charge is 0.158 e. The van der Waals surface area contributed by atoms with Gasteiger partial charge in [0.05, 0.1) is 18.4 Å². The molecule has 38 heavy (non-hydrogen) atoms. The summed E-state index contributed by atoms with van der Waals surface area (Å²) in [6.07, 6.45) is 16.6. The molecule has 0 spiro atoms. The van der Waals surface area contributed by atoms with E-state index >= 15 is 0 Å². The van der Waals surface area contributed by atoms with Gasteiger partial charge in [0.1, 0.15) is 5.69 Å². The van der Waals surface area contributed by atoms with Crippen LogP contribution < -0.4 is 5.32 Å². The fourth-order valence-corrected chi connectivity index (χ4v) is 5.78. The molecule has 5 rings (SSSR count).